The van der Waals surface area contributed by atoms with Crippen molar-refractivity contribution in [1.29, 1.82) is 0 Å². The fourth-order valence-electron chi connectivity index (χ4n) is 8.35. The lowest BCUT2D eigenvalue weighted by molar-refractivity contribution is -0.142. The van der Waals surface area contributed by atoms with Gasteiger partial charge in [-0.3, -0.25) is 24.0 Å². The smallest absolute Gasteiger partial charge is 0.325 e. The number of benzene rings is 4. The lowest BCUT2D eigenvalue weighted by Crippen LogP contribution is -2.38. The van der Waals surface area contributed by atoms with Gasteiger partial charge in [-0.2, -0.15) is 10.2 Å². The van der Waals surface area contributed by atoms with Gasteiger partial charge in [0.2, 0.25) is 0 Å². The number of fused-ring (bicyclic) bond motifs is 1. The van der Waals surface area contributed by atoms with Gasteiger partial charge < -0.3 is 88.3 Å². The van der Waals surface area contributed by atoms with Gasteiger partial charge in [-0.05, 0) is 135 Å². The highest BCUT2D eigenvalue weighted by Gasteiger charge is 2.12. The molecule has 0 fully saturated rings. The number of allylic oxidation sites excluding steroid dienone is 1. The Morgan fingerprint density at radius 3 is 1.47 bits per heavy atom. The number of urea groups is 4. The molecule has 0 saturated heterocycles. The molecular formula is C69H90N18O14. The average molecular weight is 1400 g/mol. The minimum absolute atomic E-state index is 0.133. The SMILES string of the molecule is C=C(NCC(=O)OCC)NCc1ccc2c(c1)CC=C2.CCOC(=O)CNC(=O)NCc1c(C)cccc1N.CCOC(=O)CNC(=O)NCc1ccc(-n2cccn2)cc1.CCOC(=O)CNC(=O)NCc1ccc(N)nc1.CCOC(=O)CNC(=O)NCc1cccc(-n2cncn2)c1. The molecule has 540 valence electrons. The molecule has 3 heterocycles. The number of hydrogen-bond donors (Lipinski definition) is 12. The monoisotopic (exact) mass is 1390 g/mol. The maximum atomic E-state index is 11.6. The van der Waals surface area contributed by atoms with Gasteiger partial charge in [0.05, 0.1) is 50.2 Å². The molecule has 8 amide bonds. The van der Waals surface area contributed by atoms with Gasteiger partial charge in [0, 0.05) is 57.0 Å². The van der Waals surface area contributed by atoms with Crippen LogP contribution in [-0.4, -0.2) is 149 Å². The first-order valence-electron chi connectivity index (χ1n) is 32.1. The topological polar surface area (TPSA) is 434 Å². The number of nitrogens with two attached hydrogens (primary N) is 2. The molecule has 14 N–H and O–H groups in total. The number of aromatic nitrogens is 6. The van der Waals surface area contributed by atoms with Crippen molar-refractivity contribution in [3.63, 3.8) is 0 Å². The average Bonchev–Trinajstić information content (AvgIpc) is 1.87. The Hall–Kier alpha value is -12.5. The van der Waals surface area contributed by atoms with Crippen LogP contribution in [0.15, 0.2) is 153 Å². The largest absolute Gasteiger partial charge is 0.465 e. The number of nitrogens with zero attached hydrogens (tertiary/aromatic N) is 6. The number of carbonyl (C=O) groups excluding carboxylic acids is 9. The Morgan fingerprint density at radius 1 is 0.485 bits per heavy atom. The lowest BCUT2D eigenvalue weighted by atomic mass is 10.1. The Balaban J connectivity index is 0.000000268. The predicted molar refractivity (Wildman–Crippen MR) is 376 cm³/mol. The zero-order valence-corrected chi connectivity index (χ0v) is 57.4. The van der Waals surface area contributed by atoms with Gasteiger partial charge in [0.25, 0.3) is 0 Å². The van der Waals surface area contributed by atoms with Crippen LogP contribution < -0.4 is 64.6 Å². The van der Waals surface area contributed by atoms with Crippen molar-refractivity contribution < 1.29 is 66.8 Å². The first-order valence-corrected chi connectivity index (χ1v) is 32.1. The van der Waals surface area contributed by atoms with Crippen molar-refractivity contribution in [3.8, 4) is 11.4 Å². The molecule has 8 rings (SSSR count). The normalized spacial score (nSPS) is 10.3. The molecule has 0 unspecified atom stereocenters. The van der Waals surface area contributed by atoms with Gasteiger partial charge in [0.15, 0.2) is 0 Å². The molecule has 1 aliphatic rings. The second kappa shape index (κ2) is 46.6. The summed E-state index contributed by atoms with van der Waals surface area (Å²) in [4.78, 5) is 109. The Morgan fingerprint density at radius 2 is 0.970 bits per heavy atom. The van der Waals surface area contributed by atoms with Crippen LogP contribution in [0.1, 0.15) is 79.1 Å². The number of carbonyl (C=O) groups is 9. The number of nitrogen functional groups attached to an aromatic ring is 2. The summed E-state index contributed by atoms with van der Waals surface area (Å²) in [5.41, 5.74) is 22.1. The van der Waals surface area contributed by atoms with Crippen LogP contribution in [0, 0.1) is 6.92 Å². The van der Waals surface area contributed by atoms with E-state index in [0.717, 1.165) is 45.6 Å². The van der Waals surface area contributed by atoms with E-state index in [0.29, 0.717) is 76.5 Å². The molecule has 0 bridgehead atoms. The fraction of sp³-hybridized carbons (Fsp3) is 0.319. The summed E-state index contributed by atoms with van der Waals surface area (Å²) >= 11 is 0. The van der Waals surface area contributed by atoms with Crippen LogP contribution in [0.2, 0.25) is 0 Å². The van der Waals surface area contributed by atoms with E-state index in [9.17, 15) is 43.2 Å². The molecule has 0 spiro atoms. The summed E-state index contributed by atoms with van der Waals surface area (Å²) in [5.74, 6) is -1.09. The third-order valence-corrected chi connectivity index (χ3v) is 13.3. The van der Waals surface area contributed by atoms with Crippen LogP contribution in [0.25, 0.3) is 17.5 Å². The summed E-state index contributed by atoms with van der Waals surface area (Å²) in [7, 11) is 0. The molecule has 0 radical (unpaired) electrons. The highest BCUT2D eigenvalue weighted by molar-refractivity contribution is 5.83. The third kappa shape index (κ3) is 33.8. The first kappa shape index (κ1) is 80.9. The second-order valence-electron chi connectivity index (χ2n) is 20.9. The third-order valence-electron chi connectivity index (χ3n) is 13.3. The summed E-state index contributed by atoms with van der Waals surface area (Å²) in [6, 6.07) is 30.7. The number of pyridine rings is 1. The van der Waals surface area contributed by atoms with E-state index in [1.165, 1.54) is 23.0 Å². The molecular weight excluding hydrogens is 1300 g/mol. The van der Waals surface area contributed by atoms with Gasteiger partial charge in [-0.25, -0.2) is 38.5 Å². The summed E-state index contributed by atoms with van der Waals surface area (Å²) in [6.07, 6.45) is 13.5. The highest BCUT2D eigenvalue weighted by Crippen LogP contribution is 2.21. The van der Waals surface area contributed by atoms with Crippen LogP contribution in [0.3, 0.4) is 0 Å². The number of amides is 8. The Bertz CT molecular complexity index is 3740. The summed E-state index contributed by atoms with van der Waals surface area (Å²) < 4.78 is 27.0. The van der Waals surface area contributed by atoms with E-state index < -0.39 is 48.0 Å². The first-order chi connectivity index (χ1) is 48.7. The number of esters is 5. The van der Waals surface area contributed by atoms with Crippen molar-refractivity contribution in [1.82, 2.24) is 82.7 Å². The van der Waals surface area contributed by atoms with Crippen LogP contribution in [-0.2, 0) is 86.8 Å². The van der Waals surface area contributed by atoms with Gasteiger partial charge in [-0.1, -0.05) is 79.4 Å². The quantitative estimate of drug-likeness (QED) is 0.0170. The van der Waals surface area contributed by atoms with Crippen LogP contribution in [0.5, 0.6) is 0 Å². The molecule has 0 atom stereocenters. The van der Waals surface area contributed by atoms with Crippen LogP contribution in [0.4, 0.5) is 30.7 Å². The maximum absolute atomic E-state index is 11.6. The molecule has 0 saturated carbocycles. The maximum Gasteiger partial charge on any atom is 0.325 e. The minimum Gasteiger partial charge on any atom is -0.465 e. The summed E-state index contributed by atoms with van der Waals surface area (Å²) in [5, 5.41) is 34.4. The van der Waals surface area contributed by atoms with Crippen LogP contribution >= 0.6 is 0 Å². The number of ether oxygens (including phenoxy) is 5. The van der Waals surface area contributed by atoms with E-state index in [4.69, 9.17) is 30.4 Å². The lowest BCUT2D eigenvalue weighted by Gasteiger charge is -2.12. The minimum atomic E-state index is -0.471. The van der Waals surface area contributed by atoms with E-state index in [1.54, 1.807) is 80.9 Å². The zero-order valence-electron chi connectivity index (χ0n) is 57.4. The highest BCUT2D eigenvalue weighted by atomic mass is 16.5. The van der Waals surface area contributed by atoms with Gasteiger partial charge >= 0.3 is 54.0 Å². The molecule has 3 aromatic heterocycles. The molecule has 32 heteroatoms. The molecule has 0 aliphatic heterocycles. The standard InChI is InChI=1S/C16H20N2O2.C15H18N4O3.C14H17N5O3.C13H19N3O3.C11H16N4O3/c1-3-20-16(19)11-18-12(2)17-10-13-7-8-14-5-4-6-15(14)9-13;1-2-22-14(20)11-17-15(21)16-10-12-4-6-13(7-5-12)19-9-3-8-18-19;1-2-22-13(20)8-17-14(21)16-7-11-4-3-5-12(6-11)19-10-15-9-18-19;1-3-19-12(17)8-16-13(18)15-7-10-9(2)5-4-6-11(10)14;1-2-18-10(16)7-15-11(17)14-6-8-3-4-9(12)13-5-8/h4-5,7-9,17-18H,2-3,6,10-11H2,1H3;3-9H,2,10-11H2,1H3,(H2,16,17,21);3-6,9-10H,2,7-8H2,1H3,(H2,16,17,21);4-6H,3,7-8,14H2,1-2H3,(H2,15,16,18);3-5H,2,6-7H2,1H3,(H2,12,13)(H2,14,15,17). The molecule has 4 aromatic carbocycles. The van der Waals surface area contributed by atoms with Crippen molar-refractivity contribution in [2.24, 2.45) is 0 Å². The second-order valence-corrected chi connectivity index (χ2v) is 20.9. The Kier molecular flexibility index (Phi) is 37.3. The number of rotatable bonds is 29. The van der Waals surface area contributed by atoms with E-state index >= 15 is 0 Å². The van der Waals surface area contributed by atoms with Gasteiger partial charge in [-0.15, -0.1) is 0 Å². The van der Waals surface area contributed by atoms with Crippen molar-refractivity contribution in [2.45, 2.75) is 80.7 Å². The summed E-state index contributed by atoms with van der Waals surface area (Å²) in [6.45, 7) is 17.5. The Labute approximate surface area is 585 Å². The van der Waals surface area contributed by atoms with E-state index in [2.05, 4.69) is 115 Å². The molecule has 7 aromatic rings. The van der Waals surface area contributed by atoms with Crippen molar-refractivity contribution >= 4 is 71.6 Å². The number of nitrogens with one attached hydrogen (secondary N) is 10. The number of anilines is 2. The predicted octanol–water partition coefficient (Wildman–Crippen LogP) is 4.80. The number of aryl methyl sites for hydroxylation is 1. The van der Waals surface area contributed by atoms with Crippen molar-refractivity contribution in [2.75, 3.05) is 77.2 Å². The zero-order chi connectivity index (χ0) is 73.6. The molecule has 101 heavy (non-hydrogen) atoms. The van der Waals surface area contributed by atoms with E-state index in [-0.39, 0.29) is 45.3 Å². The molecule has 32 nitrogen and oxygen atoms in total. The fourth-order valence-corrected chi connectivity index (χ4v) is 8.35. The van der Waals surface area contributed by atoms with Crippen molar-refractivity contribution in [3.05, 3.63) is 197 Å². The van der Waals surface area contributed by atoms with E-state index in [1.807, 2.05) is 79.9 Å². The molecule has 1 aliphatic carbocycles. The van der Waals surface area contributed by atoms with Gasteiger partial charge in [0.1, 0.15) is 51.2 Å². The number of hydrogen-bond acceptors (Lipinski definition) is 22.